The molecule has 1 aromatic heterocycles. The number of phenols is 1. The first-order valence-electron chi connectivity index (χ1n) is 6.49. The number of fused-ring (bicyclic) bond motifs is 1. The summed E-state index contributed by atoms with van der Waals surface area (Å²) in [4.78, 5) is 10.6. The van der Waals surface area contributed by atoms with Gasteiger partial charge in [0, 0.05) is 17.2 Å². The van der Waals surface area contributed by atoms with Gasteiger partial charge in [-0.2, -0.15) is 0 Å². The van der Waals surface area contributed by atoms with Gasteiger partial charge in [-0.3, -0.25) is 4.79 Å². The number of phenolic OH excluding ortho intramolecular Hbond substituents is 1. The average Bonchev–Trinajstić information content (AvgIpc) is 2.94. The van der Waals surface area contributed by atoms with Crippen LogP contribution in [0.15, 0.2) is 42.6 Å². The molecule has 3 rings (SSSR count). The molecule has 0 saturated carbocycles. The summed E-state index contributed by atoms with van der Waals surface area (Å²) >= 11 is 0. The zero-order valence-electron chi connectivity index (χ0n) is 11.1. The van der Waals surface area contributed by atoms with Crippen molar-refractivity contribution < 1.29 is 15.0 Å². The van der Waals surface area contributed by atoms with Crippen molar-refractivity contribution in [3.05, 3.63) is 48.3 Å². The summed E-state index contributed by atoms with van der Waals surface area (Å²) in [6, 6.07) is 10.8. The summed E-state index contributed by atoms with van der Waals surface area (Å²) in [5, 5.41) is 28.2. The fourth-order valence-corrected chi connectivity index (χ4v) is 2.24. The normalized spacial score (nSPS) is 10.9. The summed E-state index contributed by atoms with van der Waals surface area (Å²) in [6.45, 7) is 0. The number of aliphatic carboxylic acids is 1. The van der Waals surface area contributed by atoms with Crippen molar-refractivity contribution in [1.29, 1.82) is 0 Å². The van der Waals surface area contributed by atoms with Gasteiger partial charge in [0.25, 0.3) is 0 Å². The van der Waals surface area contributed by atoms with Gasteiger partial charge in [-0.05, 0) is 12.1 Å². The van der Waals surface area contributed by atoms with Gasteiger partial charge in [0.1, 0.15) is 5.75 Å². The number of aromatic hydroxyl groups is 1. The van der Waals surface area contributed by atoms with E-state index in [2.05, 4.69) is 10.3 Å². The summed E-state index contributed by atoms with van der Waals surface area (Å²) < 4.78 is 1.60. The Hall–Kier alpha value is -2.89. The van der Waals surface area contributed by atoms with Gasteiger partial charge in [0.05, 0.1) is 24.0 Å². The topological polar surface area (TPSA) is 88.2 Å². The van der Waals surface area contributed by atoms with E-state index < -0.39 is 5.97 Å². The number of carbonyl (C=O) groups is 1. The van der Waals surface area contributed by atoms with Crippen molar-refractivity contribution in [2.75, 3.05) is 0 Å². The molecule has 0 saturated heterocycles. The van der Waals surface area contributed by atoms with Crippen molar-refractivity contribution in [2.45, 2.75) is 12.8 Å². The van der Waals surface area contributed by atoms with Crippen LogP contribution in [0.4, 0.5) is 0 Å². The second-order valence-corrected chi connectivity index (χ2v) is 4.70. The molecular weight excluding hydrogens is 270 g/mol. The lowest BCUT2D eigenvalue weighted by atomic mass is 10.1. The molecule has 2 aromatic carbocycles. The molecule has 0 aliphatic carbocycles. The van der Waals surface area contributed by atoms with Gasteiger partial charge in [0.15, 0.2) is 0 Å². The Balaban J connectivity index is 2.01. The number of hydrogen-bond donors (Lipinski definition) is 2. The lowest BCUT2D eigenvalue weighted by Crippen LogP contribution is -1.97. The first-order valence-corrected chi connectivity index (χ1v) is 6.49. The number of rotatable bonds is 4. The molecule has 0 bridgehead atoms. The zero-order chi connectivity index (χ0) is 14.8. The summed E-state index contributed by atoms with van der Waals surface area (Å²) in [5.74, 6) is -0.653. The highest BCUT2D eigenvalue weighted by Crippen LogP contribution is 2.28. The number of carboxylic acids is 1. The first kappa shape index (κ1) is 13.1. The largest absolute Gasteiger partial charge is 0.507 e. The van der Waals surface area contributed by atoms with Crippen LogP contribution < -0.4 is 0 Å². The van der Waals surface area contributed by atoms with Crippen LogP contribution in [0.25, 0.3) is 16.5 Å². The number of hydrogen-bond acceptors (Lipinski definition) is 4. The zero-order valence-corrected chi connectivity index (χ0v) is 11.1. The molecule has 0 aliphatic heterocycles. The Kier molecular flexibility index (Phi) is 3.27. The highest BCUT2D eigenvalue weighted by molar-refractivity contribution is 5.94. The minimum Gasteiger partial charge on any atom is -0.507 e. The smallest absolute Gasteiger partial charge is 0.303 e. The second-order valence-electron chi connectivity index (χ2n) is 4.70. The molecule has 6 nitrogen and oxygen atoms in total. The third kappa shape index (κ3) is 2.55. The maximum atomic E-state index is 10.6. The van der Waals surface area contributed by atoms with Crippen LogP contribution >= 0.6 is 0 Å². The van der Waals surface area contributed by atoms with Gasteiger partial charge in [-0.25, -0.2) is 4.68 Å². The predicted molar refractivity (Wildman–Crippen MR) is 76.5 cm³/mol. The molecule has 21 heavy (non-hydrogen) atoms. The Morgan fingerprint density at radius 1 is 1.14 bits per heavy atom. The summed E-state index contributed by atoms with van der Waals surface area (Å²) in [6.07, 6.45) is 2.07. The highest BCUT2D eigenvalue weighted by Gasteiger charge is 2.09. The van der Waals surface area contributed by atoms with Crippen molar-refractivity contribution in [3.8, 4) is 11.4 Å². The van der Waals surface area contributed by atoms with Gasteiger partial charge in [-0.1, -0.05) is 29.5 Å². The van der Waals surface area contributed by atoms with E-state index in [-0.39, 0.29) is 12.2 Å². The molecule has 3 aromatic rings. The molecule has 6 heteroatoms. The maximum Gasteiger partial charge on any atom is 0.303 e. The van der Waals surface area contributed by atoms with E-state index in [1.165, 1.54) is 0 Å². The van der Waals surface area contributed by atoms with E-state index in [0.717, 1.165) is 16.5 Å². The minimum atomic E-state index is -0.861. The molecule has 0 unspecified atom stereocenters. The number of nitrogens with zero attached hydrogens (tertiary/aromatic N) is 3. The standard InChI is InChI=1S/C15H13N3O3/c19-14-6-2-3-11-12(14)4-1-5-13(11)18-9-10(16-17-18)7-8-15(20)21/h1-6,9,19H,7-8H2,(H,20,21). The SMILES string of the molecule is O=C(O)CCc1cn(-c2cccc3c(O)cccc23)nn1. The van der Waals surface area contributed by atoms with E-state index in [9.17, 15) is 9.90 Å². The maximum absolute atomic E-state index is 10.6. The van der Waals surface area contributed by atoms with Gasteiger partial charge in [-0.15, -0.1) is 5.10 Å². The Morgan fingerprint density at radius 2 is 1.90 bits per heavy atom. The monoisotopic (exact) mass is 283 g/mol. The van der Waals surface area contributed by atoms with Crippen molar-refractivity contribution in [3.63, 3.8) is 0 Å². The van der Waals surface area contributed by atoms with E-state index in [1.54, 1.807) is 23.0 Å². The van der Waals surface area contributed by atoms with Crippen LogP contribution in [0.5, 0.6) is 5.75 Å². The van der Waals surface area contributed by atoms with Crippen molar-refractivity contribution >= 4 is 16.7 Å². The van der Waals surface area contributed by atoms with Crippen LogP contribution in [-0.2, 0) is 11.2 Å². The minimum absolute atomic E-state index is 0.0228. The van der Waals surface area contributed by atoms with Gasteiger partial charge < -0.3 is 10.2 Å². The van der Waals surface area contributed by atoms with Crippen LogP contribution in [-0.4, -0.2) is 31.2 Å². The van der Waals surface area contributed by atoms with Crippen LogP contribution in [0.1, 0.15) is 12.1 Å². The highest BCUT2D eigenvalue weighted by atomic mass is 16.4. The van der Waals surface area contributed by atoms with Gasteiger partial charge in [0.2, 0.25) is 0 Å². The predicted octanol–water partition coefficient (Wildman–Crippen LogP) is 2.14. The van der Waals surface area contributed by atoms with E-state index in [1.807, 2.05) is 24.3 Å². The Labute approximate surface area is 120 Å². The fourth-order valence-electron chi connectivity index (χ4n) is 2.24. The Bertz CT molecular complexity index is 811. The third-order valence-corrected chi connectivity index (χ3v) is 3.26. The summed E-state index contributed by atoms with van der Waals surface area (Å²) in [5.41, 5.74) is 1.41. The lowest BCUT2D eigenvalue weighted by Gasteiger charge is -2.06. The molecule has 2 N–H and O–H groups in total. The molecule has 0 aliphatic rings. The van der Waals surface area contributed by atoms with Crippen LogP contribution in [0.3, 0.4) is 0 Å². The van der Waals surface area contributed by atoms with Crippen molar-refractivity contribution in [1.82, 2.24) is 15.0 Å². The Morgan fingerprint density at radius 3 is 2.71 bits per heavy atom. The quantitative estimate of drug-likeness (QED) is 0.766. The molecule has 1 heterocycles. The molecule has 0 radical (unpaired) electrons. The number of benzene rings is 2. The van der Waals surface area contributed by atoms with Gasteiger partial charge >= 0.3 is 5.97 Å². The molecule has 0 atom stereocenters. The van der Waals surface area contributed by atoms with E-state index in [4.69, 9.17) is 5.11 Å². The molecule has 0 spiro atoms. The van der Waals surface area contributed by atoms with Crippen LogP contribution in [0, 0.1) is 0 Å². The number of carboxylic acid groups (broad SMARTS) is 1. The first-order chi connectivity index (χ1) is 10.1. The second kappa shape index (κ2) is 5.24. The lowest BCUT2D eigenvalue weighted by molar-refractivity contribution is -0.136. The molecule has 106 valence electrons. The number of aryl methyl sites for hydroxylation is 1. The average molecular weight is 283 g/mol. The summed E-state index contributed by atoms with van der Waals surface area (Å²) in [7, 11) is 0. The molecular formula is C15H13N3O3. The molecule has 0 amide bonds. The van der Waals surface area contributed by atoms with E-state index in [0.29, 0.717) is 12.1 Å². The fraction of sp³-hybridized carbons (Fsp3) is 0.133. The molecule has 0 fully saturated rings. The van der Waals surface area contributed by atoms with Crippen molar-refractivity contribution in [2.24, 2.45) is 0 Å². The van der Waals surface area contributed by atoms with E-state index >= 15 is 0 Å². The third-order valence-electron chi connectivity index (χ3n) is 3.26. The van der Waals surface area contributed by atoms with Crippen LogP contribution in [0.2, 0.25) is 0 Å². The number of aromatic nitrogens is 3.